The molecule has 0 spiro atoms. The molecule has 1 aromatic heterocycles. The maximum Gasteiger partial charge on any atom is 0.191 e. The summed E-state index contributed by atoms with van der Waals surface area (Å²) in [6.45, 7) is 11.0. The number of rotatable bonds is 7. The first-order valence-electron chi connectivity index (χ1n) is 8.58. The number of halogens is 1. The Balaban J connectivity index is 0.00000312. The Morgan fingerprint density at radius 2 is 2.08 bits per heavy atom. The van der Waals surface area contributed by atoms with E-state index in [9.17, 15) is 0 Å². The van der Waals surface area contributed by atoms with Crippen molar-refractivity contribution in [2.75, 3.05) is 19.6 Å². The van der Waals surface area contributed by atoms with Gasteiger partial charge < -0.3 is 10.6 Å². The average Bonchev–Trinajstić information content (AvgIpc) is 2.97. The largest absolute Gasteiger partial charge is 0.357 e. The lowest BCUT2D eigenvalue weighted by molar-refractivity contribution is 0.744. The van der Waals surface area contributed by atoms with E-state index in [0.717, 1.165) is 32.0 Å². The minimum Gasteiger partial charge on any atom is -0.357 e. The molecule has 0 aliphatic rings. The lowest BCUT2D eigenvalue weighted by Gasteiger charge is -2.14. The van der Waals surface area contributed by atoms with Gasteiger partial charge >= 0.3 is 0 Å². The molecule has 1 aromatic carbocycles. The van der Waals surface area contributed by atoms with Crippen LogP contribution in [0.15, 0.2) is 35.5 Å². The number of hydrogen-bond acceptors (Lipinski definition) is 3. The number of nitrogens with one attached hydrogen (secondary N) is 2. The van der Waals surface area contributed by atoms with E-state index in [0.29, 0.717) is 5.92 Å². The van der Waals surface area contributed by atoms with Crippen LogP contribution in [0.2, 0.25) is 0 Å². The van der Waals surface area contributed by atoms with Crippen molar-refractivity contribution in [1.82, 2.24) is 15.6 Å². The Hall–Kier alpha value is -1.15. The number of benzene rings is 1. The normalized spacial score (nSPS) is 12.4. The van der Waals surface area contributed by atoms with Crippen molar-refractivity contribution >= 4 is 41.3 Å². The van der Waals surface area contributed by atoms with E-state index < -0.39 is 0 Å². The van der Waals surface area contributed by atoms with Gasteiger partial charge in [0.25, 0.3) is 0 Å². The van der Waals surface area contributed by atoms with E-state index in [-0.39, 0.29) is 24.0 Å². The summed E-state index contributed by atoms with van der Waals surface area (Å²) in [7, 11) is 0. The fraction of sp³-hybridized carbons (Fsp3) is 0.474. The van der Waals surface area contributed by atoms with Crippen LogP contribution in [0.4, 0.5) is 0 Å². The van der Waals surface area contributed by atoms with Crippen molar-refractivity contribution in [2.24, 2.45) is 4.99 Å². The summed E-state index contributed by atoms with van der Waals surface area (Å²) in [5.74, 6) is 1.28. The summed E-state index contributed by atoms with van der Waals surface area (Å²) in [4.78, 5) is 10.4. The summed E-state index contributed by atoms with van der Waals surface area (Å²) in [6, 6.07) is 8.67. The smallest absolute Gasteiger partial charge is 0.191 e. The molecule has 0 fully saturated rings. The number of nitrogens with zero attached hydrogens (tertiary/aromatic N) is 2. The van der Waals surface area contributed by atoms with Crippen molar-refractivity contribution in [3.05, 3.63) is 51.5 Å². The second-order valence-electron chi connectivity index (χ2n) is 6.08. The van der Waals surface area contributed by atoms with Crippen LogP contribution in [0.3, 0.4) is 0 Å². The van der Waals surface area contributed by atoms with Gasteiger partial charge in [0.1, 0.15) is 0 Å². The second-order valence-corrected chi connectivity index (χ2v) is 7.40. The Morgan fingerprint density at radius 3 is 2.72 bits per heavy atom. The van der Waals surface area contributed by atoms with Crippen LogP contribution in [-0.4, -0.2) is 30.6 Å². The third kappa shape index (κ3) is 7.73. The van der Waals surface area contributed by atoms with E-state index in [4.69, 9.17) is 4.99 Å². The summed E-state index contributed by atoms with van der Waals surface area (Å²) in [5.41, 5.74) is 2.64. The highest BCUT2D eigenvalue weighted by atomic mass is 127. The molecule has 1 atom stereocenters. The Labute approximate surface area is 172 Å². The van der Waals surface area contributed by atoms with Crippen LogP contribution >= 0.6 is 35.3 Å². The minimum absolute atomic E-state index is 0. The summed E-state index contributed by atoms with van der Waals surface area (Å²) < 4.78 is 0. The number of guanidine groups is 1. The molecule has 138 valence electrons. The molecule has 0 aliphatic carbocycles. The number of hydrogen-bond donors (Lipinski definition) is 2. The number of aromatic nitrogens is 1. The summed E-state index contributed by atoms with van der Waals surface area (Å²) >= 11 is 1.76. The van der Waals surface area contributed by atoms with Gasteiger partial charge in [0.05, 0.1) is 5.01 Å². The van der Waals surface area contributed by atoms with Gasteiger partial charge in [-0.2, -0.15) is 0 Å². The van der Waals surface area contributed by atoms with Gasteiger partial charge in [0.2, 0.25) is 0 Å². The molecule has 1 heterocycles. The summed E-state index contributed by atoms with van der Waals surface area (Å²) in [6.07, 6.45) is 2.86. The molecule has 0 radical (unpaired) electrons. The molecule has 0 saturated heterocycles. The van der Waals surface area contributed by atoms with Crippen LogP contribution in [0.1, 0.15) is 40.8 Å². The molecule has 2 rings (SSSR count). The molecule has 25 heavy (non-hydrogen) atoms. The van der Waals surface area contributed by atoms with Crippen molar-refractivity contribution in [3.63, 3.8) is 0 Å². The Morgan fingerprint density at radius 1 is 1.28 bits per heavy atom. The molecule has 0 saturated carbocycles. The van der Waals surface area contributed by atoms with Gasteiger partial charge in [0, 0.05) is 43.0 Å². The predicted molar refractivity (Wildman–Crippen MR) is 120 cm³/mol. The van der Waals surface area contributed by atoms with Crippen molar-refractivity contribution < 1.29 is 0 Å². The van der Waals surface area contributed by atoms with E-state index >= 15 is 0 Å². The lowest BCUT2D eigenvalue weighted by atomic mass is 10.00. The predicted octanol–water partition coefficient (Wildman–Crippen LogP) is 4.28. The zero-order valence-electron chi connectivity index (χ0n) is 15.5. The molecule has 2 N–H and O–H groups in total. The van der Waals surface area contributed by atoms with Gasteiger partial charge in [-0.25, -0.2) is 4.98 Å². The first-order valence-corrected chi connectivity index (χ1v) is 9.40. The SMILES string of the molecule is CCNC(=NCC(C)c1cccc(C)c1)NCCc1ncc(C)s1.I. The molecule has 1 unspecified atom stereocenters. The molecule has 0 amide bonds. The second kappa shape index (κ2) is 11.5. The molecular weight excluding hydrogens is 443 g/mol. The van der Waals surface area contributed by atoms with Crippen molar-refractivity contribution in [3.8, 4) is 0 Å². The number of aryl methyl sites for hydroxylation is 2. The minimum atomic E-state index is 0. The Bertz CT molecular complexity index is 669. The molecule has 2 aromatic rings. The average molecular weight is 472 g/mol. The fourth-order valence-corrected chi connectivity index (χ4v) is 3.24. The topological polar surface area (TPSA) is 49.3 Å². The third-order valence-corrected chi connectivity index (χ3v) is 4.75. The zero-order chi connectivity index (χ0) is 17.4. The fourth-order valence-electron chi connectivity index (χ4n) is 2.46. The highest BCUT2D eigenvalue weighted by Crippen LogP contribution is 2.16. The number of aliphatic imine (C=N–C) groups is 1. The van der Waals surface area contributed by atoms with Crippen molar-refractivity contribution in [1.29, 1.82) is 0 Å². The van der Waals surface area contributed by atoms with Gasteiger partial charge in [-0.05, 0) is 26.3 Å². The van der Waals surface area contributed by atoms with Crippen molar-refractivity contribution in [2.45, 2.75) is 40.0 Å². The van der Waals surface area contributed by atoms with E-state index in [1.54, 1.807) is 11.3 Å². The van der Waals surface area contributed by atoms with Crippen LogP contribution in [-0.2, 0) is 6.42 Å². The molecule has 4 nitrogen and oxygen atoms in total. The van der Waals surface area contributed by atoms with Gasteiger partial charge in [-0.1, -0.05) is 36.8 Å². The Kier molecular flexibility index (Phi) is 10.0. The standard InChI is InChI=1S/C19H28N4S.HI/c1-5-20-19(21-10-9-18-22-13-16(4)24-18)23-12-15(3)17-8-6-7-14(2)11-17;/h6-8,11,13,15H,5,9-10,12H2,1-4H3,(H2,20,21,23);1H. The molecule has 6 heteroatoms. The van der Waals surface area contributed by atoms with E-state index in [2.05, 4.69) is 67.6 Å². The van der Waals surface area contributed by atoms with Gasteiger partial charge in [-0.3, -0.25) is 4.99 Å². The van der Waals surface area contributed by atoms with Crippen LogP contribution < -0.4 is 10.6 Å². The van der Waals surface area contributed by atoms with E-state index in [1.807, 2.05) is 6.20 Å². The maximum atomic E-state index is 4.73. The summed E-state index contributed by atoms with van der Waals surface area (Å²) in [5, 5.41) is 7.89. The quantitative estimate of drug-likeness (QED) is 0.359. The molecule has 0 aliphatic heterocycles. The first kappa shape index (κ1) is 21.9. The van der Waals surface area contributed by atoms with Crippen LogP contribution in [0, 0.1) is 13.8 Å². The lowest BCUT2D eigenvalue weighted by Crippen LogP contribution is -2.38. The van der Waals surface area contributed by atoms with Gasteiger partial charge in [-0.15, -0.1) is 35.3 Å². The molecule has 0 bridgehead atoms. The number of thiazole rings is 1. The van der Waals surface area contributed by atoms with Gasteiger partial charge in [0.15, 0.2) is 5.96 Å². The van der Waals surface area contributed by atoms with E-state index in [1.165, 1.54) is 21.0 Å². The monoisotopic (exact) mass is 472 g/mol. The van der Waals surface area contributed by atoms with Crippen LogP contribution in [0.5, 0.6) is 0 Å². The highest BCUT2D eigenvalue weighted by Gasteiger charge is 2.06. The zero-order valence-corrected chi connectivity index (χ0v) is 18.7. The first-order chi connectivity index (χ1) is 11.6. The highest BCUT2D eigenvalue weighted by molar-refractivity contribution is 14.0. The van der Waals surface area contributed by atoms with Crippen LogP contribution in [0.25, 0.3) is 0 Å². The third-order valence-electron chi connectivity index (χ3n) is 3.78. The molecular formula is C19H29IN4S. The maximum absolute atomic E-state index is 4.73.